The molecule has 5 aromatic rings. The van der Waals surface area contributed by atoms with Crippen LogP contribution in [0, 0.1) is 6.92 Å². The molecule has 8 heteroatoms. The lowest BCUT2D eigenvalue weighted by atomic mass is 10.0. The predicted octanol–water partition coefficient (Wildman–Crippen LogP) is 4.16. The van der Waals surface area contributed by atoms with Gasteiger partial charge in [0.15, 0.2) is 0 Å². The largest absolute Gasteiger partial charge is 0.346 e. The van der Waals surface area contributed by atoms with E-state index in [2.05, 4.69) is 25.6 Å². The van der Waals surface area contributed by atoms with Crippen LogP contribution in [0.4, 0.5) is 0 Å². The molecule has 0 aliphatic carbocycles. The lowest BCUT2D eigenvalue weighted by Gasteiger charge is -2.07. The van der Waals surface area contributed by atoms with E-state index in [0.29, 0.717) is 23.6 Å². The number of rotatable bonds is 5. The number of fused-ring (bicyclic) bond motifs is 2. The number of hydrogen-bond acceptors (Lipinski definition) is 5. The van der Waals surface area contributed by atoms with Crippen LogP contribution in [0.2, 0.25) is 5.02 Å². The molecule has 1 aromatic carbocycles. The van der Waals surface area contributed by atoms with E-state index in [9.17, 15) is 4.79 Å². The van der Waals surface area contributed by atoms with Crippen LogP contribution >= 0.6 is 11.6 Å². The second-order valence-electron chi connectivity index (χ2n) is 7.65. The number of carbonyl (C=O) groups excluding carboxylic acids is 1. The van der Waals surface area contributed by atoms with E-state index in [0.717, 1.165) is 38.9 Å². The Morgan fingerprint density at radius 1 is 1.09 bits per heavy atom. The van der Waals surface area contributed by atoms with Crippen molar-refractivity contribution in [3.63, 3.8) is 0 Å². The summed E-state index contributed by atoms with van der Waals surface area (Å²) >= 11 is 6.06. The fourth-order valence-electron chi connectivity index (χ4n) is 3.63. The van der Waals surface area contributed by atoms with E-state index >= 15 is 0 Å². The molecule has 4 heterocycles. The first-order valence-corrected chi connectivity index (χ1v) is 10.5. The summed E-state index contributed by atoms with van der Waals surface area (Å²) in [4.78, 5) is 21.5. The Kier molecular flexibility index (Phi) is 5.25. The highest BCUT2D eigenvalue weighted by Crippen LogP contribution is 2.20. The average Bonchev–Trinajstić information content (AvgIpc) is 3.19. The van der Waals surface area contributed by atoms with Gasteiger partial charge in [-0.3, -0.25) is 14.8 Å². The summed E-state index contributed by atoms with van der Waals surface area (Å²) < 4.78 is 1.70. The van der Waals surface area contributed by atoms with Crippen molar-refractivity contribution in [2.75, 3.05) is 0 Å². The van der Waals surface area contributed by atoms with Crippen LogP contribution in [0.15, 0.2) is 67.1 Å². The topological polar surface area (TPSA) is 85.1 Å². The van der Waals surface area contributed by atoms with Gasteiger partial charge in [-0.15, -0.1) is 5.10 Å². The normalized spacial score (nSPS) is 11.2. The first-order chi connectivity index (χ1) is 15.5. The molecule has 0 atom stereocenters. The molecule has 1 amide bonds. The fraction of sp³-hybridized carbons (Fsp3) is 0.125. The molecule has 0 radical (unpaired) electrons. The molecule has 0 fully saturated rings. The third kappa shape index (κ3) is 4.15. The Hall–Kier alpha value is -3.84. The Labute approximate surface area is 189 Å². The minimum absolute atomic E-state index is 0.183. The molecule has 4 aromatic heterocycles. The van der Waals surface area contributed by atoms with Gasteiger partial charge in [0.25, 0.3) is 5.91 Å². The van der Waals surface area contributed by atoms with Crippen LogP contribution in [-0.4, -0.2) is 30.7 Å². The van der Waals surface area contributed by atoms with Crippen molar-refractivity contribution < 1.29 is 4.79 Å². The summed E-state index contributed by atoms with van der Waals surface area (Å²) in [5.74, 6) is -0.183. The molecule has 0 bridgehead atoms. The lowest BCUT2D eigenvalue weighted by molar-refractivity contribution is 0.0950. The van der Waals surface area contributed by atoms with Gasteiger partial charge in [-0.1, -0.05) is 22.9 Å². The highest BCUT2D eigenvalue weighted by molar-refractivity contribution is 6.31. The van der Waals surface area contributed by atoms with Gasteiger partial charge in [-0.2, -0.15) is 0 Å². The molecule has 158 valence electrons. The van der Waals surface area contributed by atoms with E-state index in [1.807, 2.05) is 55.6 Å². The number of nitrogens with zero attached hydrogens (tertiary/aromatic N) is 5. The van der Waals surface area contributed by atoms with E-state index in [4.69, 9.17) is 11.6 Å². The van der Waals surface area contributed by atoms with Crippen LogP contribution in [0.3, 0.4) is 0 Å². The molecule has 32 heavy (non-hydrogen) atoms. The van der Waals surface area contributed by atoms with Gasteiger partial charge in [0, 0.05) is 41.7 Å². The number of carbonyl (C=O) groups is 1. The van der Waals surface area contributed by atoms with Crippen molar-refractivity contribution in [2.45, 2.75) is 19.9 Å². The molecule has 0 spiro atoms. The molecule has 0 saturated heterocycles. The van der Waals surface area contributed by atoms with Gasteiger partial charge in [0.2, 0.25) is 0 Å². The Morgan fingerprint density at radius 2 is 2.00 bits per heavy atom. The molecule has 0 aliphatic rings. The van der Waals surface area contributed by atoms with Crippen molar-refractivity contribution in [2.24, 2.45) is 0 Å². The first-order valence-electron chi connectivity index (χ1n) is 10.1. The number of aryl methyl sites for hydroxylation is 1. The zero-order chi connectivity index (χ0) is 22.1. The van der Waals surface area contributed by atoms with Gasteiger partial charge >= 0.3 is 0 Å². The average molecular weight is 443 g/mol. The number of amides is 1. The van der Waals surface area contributed by atoms with Gasteiger partial charge in [-0.05, 0) is 60.5 Å². The van der Waals surface area contributed by atoms with Crippen molar-refractivity contribution in [3.05, 3.63) is 100 Å². The second-order valence-corrected chi connectivity index (χ2v) is 8.08. The molecular weight excluding hydrogens is 424 g/mol. The summed E-state index contributed by atoms with van der Waals surface area (Å²) in [7, 11) is 0. The van der Waals surface area contributed by atoms with Crippen LogP contribution < -0.4 is 5.32 Å². The Morgan fingerprint density at radius 3 is 2.91 bits per heavy atom. The predicted molar refractivity (Wildman–Crippen MR) is 123 cm³/mol. The number of pyridine rings is 3. The molecular formula is C24H19ClN6O. The van der Waals surface area contributed by atoms with Gasteiger partial charge in [-0.25, -0.2) is 4.52 Å². The number of aromatic nitrogens is 5. The molecule has 7 nitrogen and oxygen atoms in total. The minimum Gasteiger partial charge on any atom is -0.346 e. The zero-order valence-electron chi connectivity index (χ0n) is 17.3. The second kappa shape index (κ2) is 8.36. The van der Waals surface area contributed by atoms with Crippen LogP contribution in [0.25, 0.3) is 16.4 Å². The molecule has 1 N–H and O–H groups in total. The fourth-order valence-corrected chi connectivity index (χ4v) is 3.79. The summed E-state index contributed by atoms with van der Waals surface area (Å²) in [5.41, 5.74) is 6.02. The first kappa shape index (κ1) is 20.1. The Balaban J connectivity index is 1.31. The summed E-state index contributed by atoms with van der Waals surface area (Å²) in [6.45, 7) is 2.30. The summed E-state index contributed by atoms with van der Waals surface area (Å²) in [6, 6.07) is 15.4. The zero-order valence-corrected chi connectivity index (χ0v) is 18.0. The van der Waals surface area contributed by atoms with Gasteiger partial charge in [0.1, 0.15) is 5.69 Å². The molecule has 0 saturated carbocycles. The van der Waals surface area contributed by atoms with Crippen LogP contribution in [0.5, 0.6) is 0 Å². The van der Waals surface area contributed by atoms with Crippen molar-refractivity contribution in [1.82, 2.24) is 30.1 Å². The van der Waals surface area contributed by atoms with E-state index in [1.54, 1.807) is 23.0 Å². The molecule has 5 rings (SSSR count). The smallest absolute Gasteiger partial charge is 0.251 e. The summed E-state index contributed by atoms with van der Waals surface area (Å²) in [5, 5.41) is 12.8. The number of hydrogen-bond donors (Lipinski definition) is 1. The van der Waals surface area contributed by atoms with E-state index in [1.165, 1.54) is 0 Å². The third-order valence-electron chi connectivity index (χ3n) is 5.24. The van der Waals surface area contributed by atoms with Gasteiger partial charge < -0.3 is 5.32 Å². The maximum Gasteiger partial charge on any atom is 0.251 e. The maximum atomic E-state index is 12.7. The number of nitrogens with one attached hydrogen (secondary N) is 1. The maximum absolute atomic E-state index is 12.7. The van der Waals surface area contributed by atoms with Crippen molar-refractivity contribution >= 4 is 33.9 Å². The quantitative estimate of drug-likeness (QED) is 0.442. The van der Waals surface area contributed by atoms with E-state index in [-0.39, 0.29) is 5.91 Å². The monoisotopic (exact) mass is 442 g/mol. The highest BCUT2D eigenvalue weighted by Gasteiger charge is 2.11. The molecule has 0 unspecified atom stereocenters. The molecule has 0 aliphatic heterocycles. The lowest BCUT2D eigenvalue weighted by Crippen LogP contribution is -2.23. The van der Waals surface area contributed by atoms with Crippen LogP contribution in [0.1, 0.15) is 32.9 Å². The summed E-state index contributed by atoms with van der Waals surface area (Å²) in [6.07, 6.45) is 5.74. The number of halogens is 1. The van der Waals surface area contributed by atoms with Crippen LogP contribution in [-0.2, 0) is 13.0 Å². The van der Waals surface area contributed by atoms with Crippen molar-refractivity contribution in [1.29, 1.82) is 0 Å². The number of benzene rings is 1. The van der Waals surface area contributed by atoms with E-state index < -0.39 is 0 Å². The third-order valence-corrected chi connectivity index (χ3v) is 5.45. The van der Waals surface area contributed by atoms with Crippen molar-refractivity contribution in [3.8, 4) is 0 Å². The minimum atomic E-state index is -0.183. The SMILES string of the molecule is Cc1ccn2nnc(CNC(=O)c3ccnc(Cc4ccc5ncc(Cl)cc5c4)c3)c2c1. The van der Waals surface area contributed by atoms with Gasteiger partial charge in [0.05, 0.1) is 22.6 Å². The standard InChI is InChI=1S/C24H19ClN6O/c1-15-5-7-31-23(8-15)22(29-30-31)14-28-24(32)17-4-6-26-20(12-17)10-16-2-3-21-18(9-16)11-19(25)13-27-21/h2-9,11-13H,10,14H2,1H3,(H,28,32). The highest BCUT2D eigenvalue weighted by atomic mass is 35.5. The Bertz CT molecular complexity index is 1460.